The molecule has 0 aromatic rings. The van der Waals surface area contributed by atoms with Crippen molar-refractivity contribution in [3.05, 3.63) is 12.8 Å². The van der Waals surface area contributed by atoms with Gasteiger partial charge in [0.2, 0.25) is 0 Å². The van der Waals surface area contributed by atoms with Crippen molar-refractivity contribution in [1.29, 1.82) is 0 Å². The van der Waals surface area contributed by atoms with Gasteiger partial charge in [-0.15, -0.1) is 4.94 Å². The Morgan fingerprint density at radius 3 is 1.48 bits per heavy atom. The normalized spacial score (nSPS) is 11.6. The number of halogens is 11. The van der Waals surface area contributed by atoms with E-state index >= 15 is 0 Å². The van der Waals surface area contributed by atoms with E-state index in [9.17, 15) is 39.6 Å². The molecule has 0 aromatic heterocycles. The lowest BCUT2D eigenvalue weighted by molar-refractivity contribution is -0.379. The van der Waals surface area contributed by atoms with Gasteiger partial charge in [-0.05, 0) is 4.53 Å². The maximum atomic E-state index is 11.3. The summed E-state index contributed by atoms with van der Waals surface area (Å²) in [6.07, 6.45) is -16.6. The Balaban J connectivity index is -0.000000277. The topological polar surface area (TPSA) is 18.5 Å². The van der Waals surface area contributed by atoms with E-state index in [0.717, 1.165) is 6.26 Å². The highest BCUT2D eigenvalue weighted by atomic mass is 20.0. The molecule has 0 aliphatic heterocycles. The molecule has 0 saturated heterocycles. The molecule has 130 valence electrons. The first kappa shape index (κ1) is 24.7. The van der Waals surface area contributed by atoms with E-state index in [1.54, 1.807) is 4.94 Å². The highest BCUT2D eigenvalue weighted by molar-refractivity contribution is 4.58. The number of rotatable bonds is 5. The third-order valence-corrected chi connectivity index (χ3v) is 1.14. The van der Waals surface area contributed by atoms with E-state index in [0.29, 0.717) is 0 Å². The van der Waals surface area contributed by atoms with Gasteiger partial charge in [0.05, 0.1) is 19.3 Å². The van der Waals surface area contributed by atoms with E-state index < -0.39 is 31.3 Å². The molecule has 0 spiro atoms. The molecular weight excluding hydrogens is 337 g/mol. The number of hydrogen-bond donors (Lipinski definition) is 0. The predicted molar refractivity (Wildman–Crippen MR) is 46.8 cm³/mol. The minimum Gasteiger partial charge on any atom is -0.501 e. The van der Waals surface area contributed by atoms with Gasteiger partial charge in [0, 0.05) is 9.15 Å². The van der Waals surface area contributed by atoms with Crippen LogP contribution < -0.4 is 0 Å². The van der Waals surface area contributed by atoms with Gasteiger partial charge in [0.15, 0.2) is 0 Å². The SMILES string of the molecule is C=COCCC(F)(F)F.FF.FOC(F)(F)CC(F)(F)F. The predicted octanol–water partition coefficient (Wildman–Crippen LogP) is 5.37. The maximum absolute atomic E-state index is 11.3. The second kappa shape index (κ2) is 11.4. The average Bonchev–Trinajstić information content (AvgIpc) is 2.28. The summed E-state index contributed by atoms with van der Waals surface area (Å²) in [5.41, 5.74) is 0. The Hall–Kier alpha value is -1.27. The van der Waals surface area contributed by atoms with Crippen LogP contribution in [0.4, 0.5) is 48.8 Å². The summed E-state index contributed by atoms with van der Waals surface area (Å²) in [6, 6.07) is 0. The van der Waals surface area contributed by atoms with Crippen molar-refractivity contribution in [2.24, 2.45) is 0 Å². The lowest BCUT2D eigenvalue weighted by Crippen LogP contribution is -2.26. The summed E-state index contributed by atoms with van der Waals surface area (Å²) in [5, 5.41) is 0. The van der Waals surface area contributed by atoms with Crippen molar-refractivity contribution in [2.45, 2.75) is 31.3 Å². The maximum Gasteiger partial charge on any atom is 0.397 e. The molecule has 2 nitrogen and oxygen atoms in total. The van der Waals surface area contributed by atoms with Crippen LogP contribution in [-0.4, -0.2) is 25.1 Å². The summed E-state index contributed by atoms with van der Waals surface area (Å²) in [5.74, 6) is 0. The van der Waals surface area contributed by atoms with Crippen molar-refractivity contribution in [3.63, 3.8) is 0 Å². The fraction of sp³-hybridized carbons (Fsp3) is 0.750. The standard InChI is InChI=1S/C5H7F3O.C3H2F6O.F2/c1-2-9-4-3-5(6,7)8;4-2(5,6)1-3(7,8)10-9;1-2/h2H,1,3-4H2;1H2;. The molecule has 0 heterocycles. The lowest BCUT2D eigenvalue weighted by Gasteiger charge is -2.11. The molecule has 21 heavy (non-hydrogen) atoms. The Morgan fingerprint density at radius 2 is 1.29 bits per heavy atom. The molecular formula is C8H9F11O2. The highest BCUT2D eigenvalue weighted by Gasteiger charge is 2.45. The third kappa shape index (κ3) is 27.8. The van der Waals surface area contributed by atoms with Gasteiger partial charge >= 0.3 is 18.5 Å². The quantitative estimate of drug-likeness (QED) is 0.378. The van der Waals surface area contributed by atoms with Crippen LogP contribution in [-0.2, 0) is 9.68 Å². The van der Waals surface area contributed by atoms with Crippen molar-refractivity contribution >= 4 is 0 Å². The number of hydrogen-bond acceptors (Lipinski definition) is 2. The Labute approximate surface area is 110 Å². The van der Waals surface area contributed by atoms with E-state index in [-0.39, 0.29) is 6.61 Å². The van der Waals surface area contributed by atoms with Crippen molar-refractivity contribution in [2.75, 3.05) is 6.61 Å². The molecule has 0 unspecified atom stereocenters. The molecule has 0 aliphatic rings. The Morgan fingerprint density at radius 1 is 0.857 bits per heavy atom. The van der Waals surface area contributed by atoms with Crippen LogP contribution in [0.1, 0.15) is 12.8 Å². The van der Waals surface area contributed by atoms with Gasteiger partial charge in [-0.2, -0.15) is 35.1 Å². The van der Waals surface area contributed by atoms with Crippen molar-refractivity contribution in [1.82, 2.24) is 0 Å². The first-order valence-corrected chi connectivity index (χ1v) is 4.51. The molecule has 13 heteroatoms. The van der Waals surface area contributed by atoms with E-state index in [1.807, 2.05) is 0 Å². The van der Waals surface area contributed by atoms with E-state index in [4.69, 9.17) is 9.15 Å². The minimum atomic E-state index is -5.13. The molecule has 0 amide bonds. The van der Waals surface area contributed by atoms with Crippen molar-refractivity contribution < 1.29 is 58.5 Å². The van der Waals surface area contributed by atoms with Crippen LogP contribution in [0.25, 0.3) is 0 Å². The first-order chi connectivity index (χ1) is 9.33. The largest absolute Gasteiger partial charge is 0.501 e. The lowest BCUT2D eigenvalue weighted by atomic mass is 10.4. The van der Waals surface area contributed by atoms with Crippen LogP contribution in [0.15, 0.2) is 12.8 Å². The number of ether oxygens (including phenoxy) is 1. The molecule has 0 aromatic carbocycles. The van der Waals surface area contributed by atoms with Crippen LogP contribution >= 0.6 is 0 Å². The second-order valence-electron chi connectivity index (χ2n) is 2.91. The summed E-state index contributed by atoms with van der Waals surface area (Å²) in [7, 11) is 0. The Kier molecular flexibility index (Phi) is 13.4. The summed E-state index contributed by atoms with van der Waals surface area (Å²) < 4.78 is 120. The minimum absolute atomic E-state index is 0.340. The van der Waals surface area contributed by atoms with Gasteiger partial charge < -0.3 is 4.74 Å². The van der Waals surface area contributed by atoms with Gasteiger partial charge in [-0.3, -0.25) is 0 Å². The average molecular weight is 346 g/mol. The number of alkyl halides is 8. The summed E-state index contributed by atoms with van der Waals surface area (Å²) in [4.78, 5) is 1.76. The molecule has 0 radical (unpaired) electrons. The zero-order valence-electron chi connectivity index (χ0n) is 9.88. The van der Waals surface area contributed by atoms with Crippen LogP contribution in [0.5, 0.6) is 0 Å². The highest BCUT2D eigenvalue weighted by Crippen LogP contribution is 2.32. The van der Waals surface area contributed by atoms with Crippen molar-refractivity contribution in [3.8, 4) is 0 Å². The first-order valence-electron chi connectivity index (χ1n) is 4.51. The molecule has 0 N–H and O–H groups in total. The van der Waals surface area contributed by atoms with Crippen LogP contribution in [0.3, 0.4) is 0 Å². The van der Waals surface area contributed by atoms with Gasteiger partial charge in [0.25, 0.3) is 0 Å². The van der Waals surface area contributed by atoms with Gasteiger partial charge in [0.1, 0.15) is 6.42 Å². The Bertz CT molecular complexity index is 248. The zero-order chi connectivity index (χ0) is 17.7. The van der Waals surface area contributed by atoms with Gasteiger partial charge in [-0.25, -0.2) is 0 Å². The molecule has 0 aliphatic carbocycles. The van der Waals surface area contributed by atoms with E-state index in [2.05, 4.69) is 11.3 Å². The smallest absolute Gasteiger partial charge is 0.397 e. The third-order valence-electron chi connectivity index (χ3n) is 1.14. The summed E-state index contributed by atoms with van der Waals surface area (Å²) >= 11 is 0. The molecule has 0 atom stereocenters. The fourth-order valence-corrected chi connectivity index (χ4v) is 0.519. The van der Waals surface area contributed by atoms with Gasteiger partial charge in [-0.1, -0.05) is 6.58 Å². The van der Waals surface area contributed by atoms with E-state index in [1.165, 1.54) is 0 Å². The monoisotopic (exact) mass is 346 g/mol. The second-order valence-corrected chi connectivity index (χ2v) is 2.91. The van der Waals surface area contributed by atoms with Crippen LogP contribution in [0.2, 0.25) is 0 Å². The molecule has 0 saturated carbocycles. The summed E-state index contributed by atoms with van der Waals surface area (Å²) in [6.45, 7) is 2.75. The fourth-order valence-electron chi connectivity index (χ4n) is 0.519. The van der Waals surface area contributed by atoms with Crippen LogP contribution in [0, 0.1) is 0 Å². The zero-order valence-corrected chi connectivity index (χ0v) is 9.88. The molecule has 0 fully saturated rings. The molecule has 0 rings (SSSR count). The molecule has 0 bridgehead atoms.